The van der Waals surface area contributed by atoms with Gasteiger partial charge in [-0.2, -0.15) is 26.3 Å². The first-order chi connectivity index (χ1) is 6.42. The van der Waals surface area contributed by atoms with Crippen molar-refractivity contribution >= 4 is 5.97 Å². The third-order valence-corrected chi connectivity index (χ3v) is 1.82. The Kier molecular flexibility index (Phi) is 3.65. The van der Waals surface area contributed by atoms with Crippen molar-refractivity contribution in [3.63, 3.8) is 0 Å². The van der Waals surface area contributed by atoms with Crippen molar-refractivity contribution < 1.29 is 35.9 Å². The van der Waals surface area contributed by atoms with Gasteiger partial charge >= 0.3 is 18.3 Å². The van der Waals surface area contributed by atoms with Crippen LogP contribution in [-0.2, 0) is 9.53 Å². The normalized spacial score (nSPS) is 13.9. The van der Waals surface area contributed by atoms with Crippen LogP contribution in [0.25, 0.3) is 0 Å². The van der Waals surface area contributed by atoms with E-state index < -0.39 is 30.3 Å². The van der Waals surface area contributed by atoms with Crippen molar-refractivity contribution in [3.8, 4) is 0 Å². The van der Waals surface area contributed by atoms with E-state index in [1.807, 2.05) is 0 Å². The predicted molar refractivity (Wildman–Crippen MR) is 36.9 cm³/mol. The maximum atomic E-state index is 12.1. The fourth-order valence-electron chi connectivity index (χ4n) is 0.570. The van der Waals surface area contributed by atoms with Crippen molar-refractivity contribution in [1.29, 1.82) is 0 Å². The number of rotatable bonds is 2. The lowest BCUT2D eigenvalue weighted by atomic mass is 9.90. The van der Waals surface area contributed by atoms with Gasteiger partial charge in [0.2, 0.25) is 0 Å². The summed E-state index contributed by atoms with van der Waals surface area (Å²) in [6, 6.07) is 0. The lowest BCUT2D eigenvalue weighted by Crippen LogP contribution is -2.51. The van der Waals surface area contributed by atoms with Gasteiger partial charge in [0.25, 0.3) is 0 Å². The van der Waals surface area contributed by atoms with E-state index in [1.54, 1.807) is 0 Å². The van der Waals surface area contributed by atoms with E-state index in [2.05, 4.69) is 4.74 Å². The topological polar surface area (TPSA) is 26.3 Å². The molecule has 0 N–H and O–H groups in total. The molecule has 0 bridgehead atoms. The minimum absolute atomic E-state index is 0.0596. The third kappa shape index (κ3) is 3.00. The minimum atomic E-state index is -5.53. The second-order valence-corrected chi connectivity index (χ2v) is 3.11. The molecule has 0 amide bonds. The van der Waals surface area contributed by atoms with Crippen LogP contribution in [0.3, 0.4) is 0 Å². The van der Waals surface area contributed by atoms with E-state index in [-0.39, 0.29) is 6.92 Å². The van der Waals surface area contributed by atoms with Crippen LogP contribution in [0.5, 0.6) is 0 Å². The van der Waals surface area contributed by atoms with Crippen molar-refractivity contribution in [3.05, 3.63) is 0 Å². The van der Waals surface area contributed by atoms with Gasteiger partial charge in [-0.3, -0.25) is 4.79 Å². The maximum Gasteiger partial charge on any atom is 0.406 e. The molecule has 0 aliphatic rings. The zero-order valence-corrected chi connectivity index (χ0v) is 7.79. The fraction of sp³-hybridized carbons (Fsp3) is 0.857. The first kappa shape index (κ1) is 14.0. The summed E-state index contributed by atoms with van der Waals surface area (Å²) in [6.07, 6.45) is -11.1. The zero-order chi connectivity index (χ0) is 12.5. The van der Waals surface area contributed by atoms with E-state index in [4.69, 9.17) is 0 Å². The Balaban J connectivity index is 4.98. The summed E-state index contributed by atoms with van der Waals surface area (Å²) in [6.45, 7) is -1.10. The Bertz CT molecular complexity index is 227. The van der Waals surface area contributed by atoms with Crippen molar-refractivity contribution in [1.82, 2.24) is 0 Å². The van der Waals surface area contributed by atoms with E-state index in [0.29, 0.717) is 0 Å². The SMILES string of the molecule is CC(=O)OCC(C)(C(F)(F)F)C(F)(F)F. The van der Waals surface area contributed by atoms with Crippen LogP contribution >= 0.6 is 0 Å². The van der Waals surface area contributed by atoms with Crippen LogP contribution in [-0.4, -0.2) is 24.9 Å². The molecule has 0 saturated carbocycles. The van der Waals surface area contributed by atoms with Crippen LogP contribution < -0.4 is 0 Å². The molecule has 15 heavy (non-hydrogen) atoms. The molecule has 2 nitrogen and oxygen atoms in total. The molecule has 0 saturated heterocycles. The number of carbonyl (C=O) groups excluding carboxylic acids is 1. The lowest BCUT2D eigenvalue weighted by molar-refractivity contribution is -0.342. The lowest BCUT2D eigenvalue weighted by Gasteiger charge is -2.32. The summed E-state index contributed by atoms with van der Waals surface area (Å²) < 4.78 is 76.6. The first-order valence-corrected chi connectivity index (χ1v) is 3.68. The summed E-state index contributed by atoms with van der Waals surface area (Å²) in [7, 11) is 0. The molecule has 0 heterocycles. The molecular formula is C7H8F6O2. The standard InChI is InChI=1S/C7H8F6O2/c1-4(14)15-3-5(2,6(8,9)10)7(11,12)13/h3H2,1-2H3. The van der Waals surface area contributed by atoms with E-state index in [1.165, 1.54) is 0 Å². The molecule has 0 aromatic carbocycles. The molecule has 0 aliphatic carbocycles. The van der Waals surface area contributed by atoms with Gasteiger partial charge in [0, 0.05) is 6.92 Å². The van der Waals surface area contributed by atoms with Crippen molar-refractivity contribution in [2.75, 3.05) is 6.61 Å². The van der Waals surface area contributed by atoms with E-state index in [0.717, 1.165) is 6.92 Å². The molecule has 0 aliphatic heterocycles. The highest BCUT2D eigenvalue weighted by molar-refractivity contribution is 5.65. The summed E-state index contributed by atoms with van der Waals surface area (Å²) >= 11 is 0. The molecule has 0 aromatic heterocycles. The Morgan fingerprint density at radius 2 is 1.40 bits per heavy atom. The molecule has 0 unspecified atom stereocenters. The van der Waals surface area contributed by atoms with Gasteiger partial charge in [-0.25, -0.2) is 0 Å². The molecule has 8 heteroatoms. The Labute approximate surface area is 81.2 Å². The van der Waals surface area contributed by atoms with E-state index >= 15 is 0 Å². The number of alkyl halides is 6. The average Bonchev–Trinajstić information content (AvgIpc) is 1.95. The second kappa shape index (κ2) is 3.90. The Morgan fingerprint density at radius 3 is 1.60 bits per heavy atom. The summed E-state index contributed by atoms with van der Waals surface area (Å²) in [5.41, 5.74) is -4.04. The average molecular weight is 238 g/mol. The predicted octanol–water partition coefficient (Wildman–Crippen LogP) is 2.68. The van der Waals surface area contributed by atoms with Crippen LogP contribution in [0.4, 0.5) is 26.3 Å². The van der Waals surface area contributed by atoms with Gasteiger partial charge in [-0.1, -0.05) is 0 Å². The molecule has 0 aromatic rings. The largest absolute Gasteiger partial charge is 0.465 e. The summed E-state index contributed by atoms with van der Waals surface area (Å²) in [4.78, 5) is 10.2. The summed E-state index contributed by atoms with van der Waals surface area (Å²) in [5.74, 6) is -1.20. The highest BCUT2D eigenvalue weighted by atomic mass is 19.4. The van der Waals surface area contributed by atoms with Crippen molar-refractivity contribution in [2.45, 2.75) is 26.2 Å². The minimum Gasteiger partial charge on any atom is -0.465 e. The zero-order valence-electron chi connectivity index (χ0n) is 7.79. The molecular weight excluding hydrogens is 230 g/mol. The number of hydrogen-bond acceptors (Lipinski definition) is 2. The van der Waals surface area contributed by atoms with Crippen LogP contribution in [0.1, 0.15) is 13.8 Å². The summed E-state index contributed by atoms with van der Waals surface area (Å²) in [5, 5.41) is 0. The maximum absolute atomic E-state index is 12.1. The smallest absolute Gasteiger partial charge is 0.406 e. The van der Waals surface area contributed by atoms with Gasteiger partial charge in [0.1, 0.15) is 6.61 Å². The van der Waals surface area contributed by atoms with Gasteiger partial charge in [-0.15, -0.1) is 0 Å². The van der Waals surface area contributed by atoms with Gasteiger partial charge < -0.3 is 4.74 Å². The monoisotopic (exact) mass is 238 g/mol. The van der Waals surface area contributed by atoms with E-state index in [9.17, 15) is 31.1 Å². The van der Waals surface area contributed by atoms with Crippen molar-refractivity contribution in [2.24, 2.45) is 5.41 Å². The number of halogens is 6. The van der Waals surface area contributed by atoms with Gasteiger partial charge in [-0.05, 0) is 6.92 Å². The van der Waals surface area contributed by atoms with Crippen LogP contribution in [0.15, 0.2) is 0 Å². The Hall–Kier alpha value is -0.950. The molecule has 0 fully saturated rings. The highest BCUT2D eigenvalue weighted by Crippen LogP contribution is 2.50. The van der Waals surface area contributed by atoms with Gasteiger partial charge in [0.15, 0.2) is 5.41 Å². The first-order valence-electron chi connectivity index (χ1n) is 3.68. The fourth-order valence-corrected chi connectivity index (χ4v) is 0.570. The number of carbonyl (C=O) groups is 1. The number of ether oxygens (including phenoxy) is 1. The second-order valence-electron chi connectivity index (χ2n) is 3.11. The molecule has 90 valence electrons. The third-order valence-electron chi connectivity index (χ3n) is 1.82. The molecule has 0 rings (SSSR count). The Morgan fingerprint density at radius 1 is 1.07 bits per heavy atom. The number of esters is 1. The molecule has 0 atom stereocenters. The molecule has 0 radical (unpaired) electrons. The number of hydrogen-bond donors (Lipinski definition) is 0. The highest BCUT2D eigenvalue weighted by Gasteiger charge is 2.68. The van der Waals surface area contributed by atoms with Crippen LogP contribution in [0, 0.1) is 5.41 Å². The van der Waals surface area contributed by atoms with Crippen LogP contribution in [0.2, 0.25) is 0 Å². The quantitative estimate of drug-likeness (QED) is 0.546. The van der Waals surface area contributed by atoms with Gasteiger partial charge in [0.05, 0.1) is 0 Å². The molecule has 0 spiro atoms.